The van der Waals surface area contributed by atoms with Crippen LogP contribution in [0.3, 0.4) is 0 Å². The minimum Gasteiger partial charge on any atom is -0.379 e. The predicted octanol–water partition coefficient (Wildman–Crippen LogP) is 1.54. The van der Waals surface area contributed by atoms with Gasteiger partial charge in [-0.1, -0.05) is 37.6 Å². The Hall–Kier alpha value is -1.63. The zero-order valence-corrected chi connectivity index (χ0v) is 15.5. The molecule has 1 aliphatic rings. The number of amides is 2. The van der Waals surface area contributed by atoms with Crippen LogP contribution in [0.2, 0.25) is 5.02 Å². The predicted molar refractivity (Wildman–Crippen MR) is 97.8 cm³/mol. The van der Waals surface area contributed by atoms with Crippen molar-refractivity contribution in [1.29, 1.82) is 0 Å². The molecule has 7 heteroatoms. The number of ether oxygens (including phenoxy) is 1. The van der Waals surface area contributed by atoms with E-state index in [1.165, 1.54) is 0 Å². The molecule has 1 heterocycles. The zero-order chi connectivity index (χ0) is 18.2. The van der Waals surface area contributed by atoms with Gasteiger partial charge in [0.25, 0.3) is 5.91 Å². The van der Waals surface area contributed by atoms with Gasteiger partial charge in [0.2, 0.25) is 5.91 Å². The van der Waals surface area contributed by atoms with Crippen LogP contribution in [0.5, 0.6) is 0 Å². The van der Waals surface area contributed by atoms with Gasteiger partial charge in [-0.05, 0) is 18.1 Å². The van der Waals surface area contributed by atoms with Crippen LogP contribution in [0.25, 0.3) is 0 Å². The minimum atomic E-state index is -0.352. The first-order valence-electron chi connectivity index (χ1n) is 8.60. The number of hydrogen-bond donors (Lipinski definition) is 2. The van der Waals surface area contributed by atoms with Gasteiger partial charge in [-0.3, -0.25) is 14.5 Å². The van der Waals surface area contributed by atoms with Crippen molar-refractivity contribution >= 4 is 23.4 Å². The van der Waals surface area contributed by atoms with Crippen LogP contribution in [0.4, 0.5) is 0 Å². The second-order valence-electron chi connectivity index (χ2n) is 6.43. The summed E-state index contributed by atoms with van der Waals surface area (Å²) >= 11 is 5.98. The van der Waals surface area contributed by atoms with Crippen LogP contribution < -0.4 is 10.6 Å². The van der Waals surface area contributed by atoms with Gasteiger partial charge in [-0.2, -0.15) is 0 Å². The number of rotatable bonds is 7. The summed E-state index contributed by atoms with van der Waals surface area (Å²) in [6.07, 6.45) is 0. The van der Waals surface area contributed by atoms with Crippen LogP contribution >= 0.6 is 11.6 Å². The molecule has 2 rings (SSSR count). The molecule has 1 unspecified atom stereocenters. The summed E-state index contributed by atoms with van der Waals surface area (Å²) in [6.45, 7) is 7.98. The third kappa shape index (κ3) is 5.99. The number of hydrogen-bond acceptors (Lipinski definition) is 4. The Morgan fingerprint density at radius 3 is 2.52 bits per heavy atom. The molecular formula is C18H26ClN3O3. The van der Waals surface area contributed by atoms with Crippen molar-refractivity contribution in [3.63, 3.8) is 0 Å². The average Bonchev–Trinajstić information content (AvgIpc) is 2.61. The Balaban J connectivity index is 1.79. The Morgan fingerprint density at radius 1 is 1.20 bits per heavy atom. The van der Waals surface area contributed by atoms with E-state index in [-0.39, 0.29) is 24.4 Å². The molecule has 0 spiro atoms. The fourth-order valence-electron chi connectivity index (χ4n) is 2.88. The molecule has 6 nitrogen and oxygen atoms in total. The number of carbonyl (C=O) groups is 2. The standard InChI is InChI=1S/C18H26ClN3O3/c1-13(2)16(22-7-9-25-10-8-22)11-20-17(23)12-21-18(24)14-5-3-4-6-15(14)19/h3-6,13,16H,7-12H2,1-2H3,(H,20,23)(H,21,24). The molecule has 1 aliphatic heterocycles. The van der Waals surface area contributed by atoms with Gasteiger partial charge in [0.1, 0.15) is 0 Å². The largest absolute Gasteiger partial charge is 0.379 e. The maximum Gasteiger partial charge on any atom is 0.253 e. The van der Waals surface area contributed by atoms with E-state index in [2.05, 4.69) is 29.4 Å². The van der Waals surface area contributed by atoms with Gasteiger partial charge >= 0.3 is 0 Å². The van der Waals surface area contributed by atoms with Crippen molar-refractivity contribution in [2.45, 2.75) is 19.9 Å². The van der Waals surface area contributed by atoms with Gasteiger partial charge in [0.15, 0.2) is 0 Å². The zero-order valence-electron chi connectivity index (χ0n) is 14.8. The molecule has 2 amide bonds. The van der Waals surface area contributed by atoms with E-state index in [0.29, 0.717) is 23.0 Å². The lowest BCUT2D eigenvalue weighted by molar-refractivity contribution is -0.120. The summed E-state index contributed by atoms with van der Waals surface area (Å²) < 4.78 is 5.38. The molecular weight excluding hydrogens is 342 g/mol. The Morgan fingerprint density at radius 2 is 1.88 bits per heavy atom. The summed E-state index contributed by atoms with van der Waals surface area (Å²) in [4.78, 5) is 26.5. The molecule has 2 N–H and O–H groups in total. The van der Waals surface area contributed by atoms with E-state index in [9.17, 15) is 9.59 Å². The van der Waals surface area contributed by atoms with E-state index >= 15 is 0 Å². The van der Waals surface area contributed by atoms with Gasteiger partial charge in [-0.15, -0.1) is 0 Å². The molecule has 1 atom stereocenters. The van der Waals surface area contributed by atoms with Crippen molar-refractivity contribution in [3.8, 4) is 0 Å². The minimum absolute atomic E-state index is 0.0714. The smallest absolute Gasteiger partial charge is 0.253 e. The maximum absolute atomic E-state index is 12.1. The summed E-state index contributed by atoms with van der Waals surface area (Å²) in [5.41, 5.74) is 0.366. The third-order valence-electron chi connectivity index (χ3n) is 4.32. The SMILES string of the molecule is CC(C)C(CNC(=O)CNC(=O)c1ccccc1Cl)N1CCOCC1. The Labute approximate surface area is 153 Å². The quantitative estimate of drug-likeness (QED) is 0.767. The molecule has 0 aliphatic carbocycles. The Bertz CT molecular complexity index is 589. The summed E-state index contributed by atoms with van der Waals surface area (Å²) in [5, 5.41) is 5.88. The van der Waals surface area contributed by atoms with Crippen molar-refractivity contribution in [3.05, 3.63) is 34.9 Å². The first-order chi connectivity index (χ1) is 12.0. The number of morpholine rings is 1. The lowest BCUT2D eigenvalue weighted by Gasteiger charge is -2.36. The fraction of sp³-hybridized carbons (Fsp3) is 0.556. The van der Waals surface area contributed by atoms with Crippen LogP contribution in [-0.4, -0.2) is 62.1 Å². The molecule has 1 fully saturated rings. The van der Waals surface area contributed by atoms with Crippen molar-refractivity contribution in [1.82, 2.24) is 15.5 Å². The van der Waals surface area contributed by atoms with Gasteiger partial charge in [0, 0.05) is 25.7 Å². The highest BCUT2D eigenvalue weighted by atomic mass is 35.5. The molecule has 0 saturated carbocycles. The fourth-order valence-corrected chi connectivity index (χ4v) is 3.10. The molecule has 0 radical (unpaired) electrons. The average molecular weight is 368 g/mol. The molecule has 1 aromatic rings. The Kier molecular flexibility index (Phi) is 7.68. The van der Waals surface area contributed by atoms with Crippen molar-refractivity contribution in [2.75, 3.05) is 39.4 Å². The molecule has 0 bridgehead atoms. The van der Waals surface area contributed by atoms with Gasteiger partial charge in [0.05, 0.1) is 30.3 Å². The van der Waals surface area contributed by atoms with Crippen molar-refractivity contribution < 1.29 is 14.3 Å². The van der Waals surface area contributed by atoms with E-state index in [1.54, 1.807) is 24.3 Å². The summed E-state index contributed by atoms with van der Waals surface area (Å²) in [7, 11) is 0. The maximum atomic E-state index is 12.1. The topological polar surface area (TPSA) is 70.7 Å². The van der Waals surface area contributed by atoms with Gasteiger partial charge < -0.3 is 15.4 Å². The first-order valence-corrected chi connectivity index (χ1v) is 8.98. The highest BCUT2D eigenvalue weighted by Crippen LogP contribution is 2.14. The van der Waals surface area contributed by atoms with Crippen LogP contribution in [0, 0.1) is 5.92 Å². The number of halogens is 1. The molecule has 25 heavy (non-hydrogen) atoms. The normalized spacial score (nSPS) is 16.5. The van der Waals surface area contributed by atoms with E-state index < -0.39 is 0 Å². The summed E-state index contributed by atoms with van der Waals surface area (Å²) in [6, 6.07) is 7.02. The number of benzene rings is 1. The van der Waals surface area contributed by atoms with Crippen LogP contribution in [-0.2, 0) is 9.53 Å². The second kappa shape index (κ2) is 9.75. The van der Waals surface area contributed by atoms with E-state index in [1.807, 2.05) is 0 Å². The monoisotopic (exact) mass is 367 g/mol. The highest BCUT2D eigenvalue weighted by Gasteiger charge is 2.24. The lowest BCUT2D eigenvalue weighted by atomic mass is 10.0. The van der Waals surface area contributed by atoms with E-state index in [4.69, 9.17) is 16.3 Å². The molecule has 0 aromatic heterocycles. The van der Waals surface area contributed by atoms with Gasteiger partial charge in [-0.25, -0.2) is 0 Å². The number of nitrogens with zero attached hydrogens (tertiary/aromatic N) is 1. The number of nitrogens with one attached hydrogen (secondary N) is 2. The first kappa shape index (κ1) is 19.7. The van der Waals surface area contributed by atoms with Crippen molar-refractivity contribution in [2.24, 2.45) is 5.92 Å². The van der Waals surface area contributed by atoms with Crippen LogP contribution in [0.15, 0.2) is 24.3 Å². The second-order valence-corrected chi connectivity index (χ2v) is 6.83. The third-order valence-corrected chi connectivity index (χ3v) is 4.65. The molecule has 1 saturated heterocycles. The molecule has 1 aromatic carbocycles. The van der Waals surface area contributed by atoms with E-state index in [0.717, 1.165) is 26.3 Å². The number of carbonyl (C=O) groups excluding carboxylic acids is 2. The lowest BCUT2D eigenvalue weighted by Crippen LogP contribution is -2.52. The molecule has 138 valence electrons. The van der Waals surface area contributed by atoms with Crippen LogP contribution in [0.1, 0.15) is 24.2 Å². The highest BCUT2D eigenvalue weighted by molar-refractivity contribution is 6.33. The summed E-state index contributed by atoms with van der Waals surface area (Å²) in [5.74, 6) is -0.148.